The number of hydrogen-bond acceptors (Lipinski definition) is 3. The number of rotatable bonds is 4. The number of anilines is 1. The second-order valence-corrected chi connectivity index (χ2v) is 8.49. The van der Waals surface area contributed by atoms with Crippen molar-refractivity contribution in [2.75, 3.05) is 4.90 Å². The first-order valence-corrected chi connectivity index (χ1v) is 10.4. The Bertz CT molecular complexity index is 933. The van der Waals surface area contributed by atoms with Crippen LogP contribution in [0.15, 0.2) is 35.3 Å². The molecule has 2 fully saturated rings. The van der Waals surface area contributed by atoms with Crippen molar-refractivity contribution in [1.82, 2.24) is 9.78 Å². The molecule has 2 aliphatic rings. The van der Waals surface area contributed by atoms with Gasteiger partial charge in [0.2, 0.25) is 0 Å². The van der Waals surface area contributed by atoms with E-state index in [2.05, 4.69) is 10.00 Å². The van der Waals surface area contributed by atoms with E-state index in [1.165, 1.54) is 10.9 Å². The maximum atomic E-state index is 12.9. The van der Waals surface area contributed by atoms with E-state index in [1.54, 1.807) is 12.1 Å². The summed E-state index contributed by atoms with van der Waals surface area (Å²) in [5.74, 6) is 0. The summed E-state index contributed by atoms with van der Waals surface area (Å²) in [7, 11) is 0. The van der Waals surface area contributed by atoms with Gasteiger partial charge in [-0.3, -0.25) is 4.79 Å². The molecule has 0 unspecified atom stereocenters. The molecule has 1 heterocycles. The molecule has 0 spiro atoms. The summed E-state index contributed by atoms with van der Waals surface area (Å²) in [5, 5.41) is 4.26. The van der Waals surface area contributed by atoms with Gasteiger partial charge >= 0.3 is 6.18 Å². The molecule has 0 amide bonds. The number of nitrogens with zero attached hydrogens (tertiary/aromatic N) is 3. The Hall–Kier alpha value is -1.73. The number of alkyl halides is 3. The number of hydrogen-bond donors (Lipinski definition) is 0. The van der Waals surface area contributed by atoms with Gasteiger partial charge in [0.1, 0.15) is 5.02 Å². The number of benzene rings is 1. The highest BCUT2D eigenvalue weighted by Gasteiger charge is 2.37. The largest absolute Gasteiger partial charge is 0.416 e. The molecular formula is C20H20Cl2F3N3O. The van der Waals surface area contributed by atoms with Crippen LogP contribution in [0.3, 0.4) is 0 Å². The quantitative estimate of drug-likeness (QED) is 0.603. The zero-order valence-corrected chi connectivity index (χ0v) is 17.0. The molecule has 0 N–H and O–H groups in total. The minimum absolute atomic E-state index is 0.0202. The van der Waals surface area contributed by atoms with Crippen molar-refractivity contribution >= 4 is 28.9 Å². The van der Waals surface area contributed by atoms with E-state index in [-0.39, 0.29) is 27.7 Å². The maximum absolute atomic E-state index is 12.9. The predicted octanol–water partition coefficient (Wildman–Crippen LogP) is 5.72. The van der Waals surface area contributed by atoms with Gasteiger partial charge < -0.3 is 4.90 Å². The van der Waals surface area contributed by atoms with Crippen LogP contribution in [-0.2, 0) is 6.18 Å². The topological polar surface area (TPSA) is 38.1 Å². The molecular weight excluding hydrogens is 426 g/mol. The highest BCUT2D eigenvalue weighted by molar-refractivity contribution is 6.41. The minimum Gasteiger partial charge on any atom is -0.366 e. The molecule has 1 aromatic carbocycles. The van der Waals surface area contributed by atoms with Gasteiger partial charge in [0.15, 0.2) is 0 Å². The Labute approximate surface area is 176 Å². The van der Waals surface area contributed by atoms with E-state index in [4.69, 9.17) is 23.2 Å². The van der Waals surface area contributed by atoms with Crippen LogP contribution >= 0.6 is 23.2 Å². The lowest BCUT2D eigenvalue weighted by atomic mass is 9.89. The van der Waals surface area contributed by atoms with Gasteiger partial charge in [-0.2, -0.15) is 18.3 Å². The molecule has 0 bridgehead atoms. The van der Waals surface area contributed by atoms with Crippen LogP contribution in [0.4, 0.5) is 18.9 Å². The molecule has 29 heavy (non-hydrogen) atoms. The van der Waals surface area contributed by atoms with Crippen LogP contribution in [0.25, 0.3) is 0 Å². The highest BCUT2D eigenvalue weighted by atomic mass is 35.5. The van der Waals surface area contributed by atoms with Crippen LogP contribution in [0.1, 0.15) is 50.1 Å². The summed E-state index contributed by atoms with van der Waals surface area (Å²) >= 11 is 11.8. The Morgan fingerprint density at radius 1 is 0.966 bits per heavy atom. The van der Waals surface area contributed by atoms with E-state index in [0.29, 0.717) is 6.04 Å². The molecule has 4 rings (SSSR count). The molecule has 0 radical (unpaired) electrons. The van der Waals surface area contributed by atoms with Gasteiger partial charge in [-0.1, -0.05) is 23.2 Å². The lowest BCUT2D eigenvalue weighted by Gasteiger charge is -2.39. The maximum Gasteiger partial charge on any atom is 0.416 e. The van der Waals surface area contributed by atoms with Crippen molar-refractivity contribution in [3.63, 3.8) is 0 Å². The number of halogens is 5. The van der Waals surface area contributed by atoms with Crippen molar-refractivity contribution in [2.24, 2.45) is 0 Å². The van der Waals surface area contributed by atoms with Crippen molar-refractivity contribution in [3.8, 4) is 0 Å². The third-order valence-electron chi connectivity index (χ3n) is 5.74. The fraction of sp³-hybridized carbons (Fsp3) is 0.500. The van der Waals surface area contributed by atoms with E-state index >= 15 is 0 Å². The molecule has 2 aliphatic carbocycles. The van der Waals surface area contributed by atoms with E-state index in [1.807, 2.05) is 0 Å². The Balaban J connectivity index is 1.49. The summed E-state index contributed by atoms with van der Waals surface area (Å²) in [6.45, 7) is 0. The molecule has 0 saturated heterocycles. The van der Waals surface area contributed by atoms with Gasteiger partial charge in [0.05, 0.1) is 22.8 Å². The fourth-order valence-electron chi connectivity index (χ4n) is 4.16. The van der Waals surface area contributed by atoms with Crippen LogP contribution in [0.2, 0.25) is 10.0 Å². The van der Waals surface area contributed by atoms with Gasteiger partial charge in [-0.15, -0.1) is 0 Å². The van der Waals surface area contributed by atoms with Crippen LogP contribution in [-0.4, -0.2) is 21.9 Å². The smallest absolute Gasteiger partial charge is 0.366 e. The zero-order valence-electron chi connectivity index (χ0n) is 15.5. The summed E-state index contributed by atoms with van der Waals surface area (Å²) in [6.07, 6.45) is 2.31. The monoisotopic (exact) mass is 445 g/mol. The molecule has 9 heteroatoms. The standard InChI is InChI=1S/C20H20Cl2F3N3O/c21-17-11-26-28(19(29)18(17)22)16-9-7-15(8-10-16)27(14-5-6-14)13-3-1-12(2-4-13)20(23,24)25/h1-4,11,14-16H,5-10H2. The summed E-state index contributed by atoms with van der Waals surface area (Å²) in [5.41, 5.74) is -0.191. The summed E-state index contributed by atoms with van der Waals surface area (Å²) in [6, 6.07) is 5.98. The molecule has 1 aromatic heterocycles. The van der Waals surface area contributed by atoms with Crippen LogP contribution in [0, 0.1) is 0 Å². The van der Waals surface area contributed by atoms with E-state index in [0.717, 1.165) is 56.3 Å². The van der Waals surface area contributed by atoms with E-state index in [9.17, 15) is 18.0 Å². The zero-order chi connectivity index (χ0) is 20.8. The van der Waals surface area contributed by atoms with Crippen molar-refractivity contribution in [3.05, 3.63) is 56.4 Å². The summed E-state index contributed by atoms with van der Waals surface area (Å²) in [4.78, 5) is 14.6. The first-order valence-electron chi connectivity index (χ1n) is 9.64. The normalized spacial score (nSPS) is 22.5. The predicted molar refractivity (Wildman–Crippen MR) is 107 cm³/mol. The van der Waals surface area contributed by atoms with Gasteiger partial charge in [-0.25, -0.2) is 4.68 Å². The van der Waals surface area contributed by atoms with Crippen molar-refractivity contribution in [1.29, 1.82) is 0 Å². The molecule has 156 valence electrons. The summed E-state index contributed by atoms with van der Waals surface area (Å²) < 4.78 is 40.0. The fourth-order valence-corrected chi connectivity index (χ4v) is 4.42. The van der Waals surface area contributed by atoms with Crippen LogP contribution in [0.5, 0.6) is 0 Å². The second-order valence-electron chi connectivity index (χ2n) is 7.70. The third kappa shape index (κ3) is 4.26. The van der Waals surface area contributed by atoms with Crippen molar-refractivity contribution < 1.29 is 13.2 Å². The minimum atomic E-state index is -4.33. The van der Waals surface area contributed by atoms with Gasteiger partial charge in [0.25, 0.3) is 5.56 Å². The Morgan fingerprint density at radius 2 is 1.52 bits per heavy atom. The van der Waals surface area contributed by atoms with E-state index < -0.39 is 11.7 Å². The van der Waals surface area contributed by atoms with Gasteiger partial charge in [-0.05, 0) is 62.8 Å². The average Bonchev–Trinajstić information content (AvgIpc) is 3.52. The molecule has 2 saturated carbocycles. The van der Waals surface area contributed by atoms with Gasteiger partial charge in [0, 0.05) is 17.8 Å². The SMILES string of the molecule is O=c1c(Cl)c(Cl)cnn1C1CCC(N(c2ccc(C(F)(F)F)cc2)C2CC2)CC1. The Kier molecular flexibility index (Phi) is 5.55. The molecule has 4 nitrogen and oxygen atoms in total. The van der Waals surface area contributed by atoms with Crippen molar-refractivity contribution in [2.45, 2.75) is 62.8 Å². The first kappa shape index (κ1) is 20.5. The molecule has 0 atom stereocenters. The third-order valence-corrected chi connectivity index (χ3v) is 6.49. The second kappa shape index (κ2) is 7.84. The van der Waals surface area contributed by atoms with Crippen LogP contribution < -0.4 is 10.5 Å². The Morgan fingerprint density at radius 3 is 2.03 bits per heavy atom. The lowest BCUT2D eigenvalue weighted by molar-refractivity contribution is -0.137. The molecule has 2 aromatic rings. The molecule has 0 aliphatic heterocycles. The lowest BCUT2D eigenvalue weighted by Crippen LogP contribution is -2.41. The first-order chi connectivity index (χ1) is 13.8. The number of aromatic nitrogens is 2. The highest BCUT2D eigenvalue weighted by Crippen LogP contribution is 2.40. The average molecular weight is 446 g/mol.